The molecule has 1 aromatic carbocycles. The van der Waals surface area contributed by atoms with Gasteiger partial charge in [0.15, 0.2) is 11.8 Å². The maximum atomic E-state index is 6.27. The summed E-state index contributed by atoms with van der Waals surface area (Å²) in [7, 11) is 1.95. The van der Waals surface area contributed by atoms with Gasteiger partial charge in [-0.1, -0.05) is 35.3 Å². The lowest BCUT2D eigenvalue weighted by molar-refractivity contribution is 0.713. The Morgan fingerprint density at radius 2 is 2.03 bits per heavy atom. The Morgan fingerprint density at radius 3 is 2.69 bits per heavy atom. The molecule has 6 nitrogen and oxygen atoms in total. The SMILES string of the molecule is Cc1nnc(CNC(=NCc2ccc(Cl)cc2Cl)NCCc2cccs2)n1C.I. The van der Waals surface area contributed by atoms with Crippen molar-refractivity contribution in [3.05, 3.63) is 67.8 Å². The largest absolute Gasteiger partial charge is 0.356 e. The average Bonchev–Trinajstić information content (AvgIpc) is 3.29. The molecule has 2 aromatic heterocycles. The van der Waals surface area contributed by atoms with Crippen LogP contribution in [0.5, 0.6) is 0 Å². The molecule has 0 bridgehead atoms. The van der Waals surface area contributed by atoms with E-state index in [1.54, 1.807) is 17.4 Å². The number of hydrogen-bond acceptors (Lipinski definition) is 4. The molecule has 3 rings (SSSR count). The number of aliphatic imine (C=N–C) groups is 1. The summed E-state index contributed by atoms with van der Waals surface area (Å²) in [6, 6.07) is 9.63. The van der Waals surface area contributed by atoms with E-state index in [9.17, 15) is 0 Å². The normalized spacial score (nSPS) is 11.2. The molecule has 0 amide bonds. The van der Waals surface area contributed by atoms with Crippen LogP contribution in [-0.4, -0.2) is 27.3 Å². The standard InChI is InChI=1S/C19H22Cl2N6S.HI/c1-13-25-26-18(27(13)2)12-24-19(22-8-7-16-4-3-9-28-16)23-11-14-5-6-15(20)10-17(14)21;/h3-6,9-10H,7-8,11-12H2,1-2H3,(H2,22,23,24);1H. The van der Waals surface area contributed by atoms with Gasteiger partial charge in [-0.2, -0.15) is 0 Å². The average molecular weight is 565 g/mol. The van der Waals surface area contributed by atoms with Crippen molar-refractivity contribution >= 4 is 64.5 Å². The van der Waals surface area contributed by atoms with Crippen LogP contribution in [0.25, 0.3) is 0 Å². The third-order valence-corrected chi connectivity index (χ3v) is 5.79. The molecule has 0 unspecified atom stereocenters. The second-order valence-electron chi connectivity index (χ2n) is 6.23. The summed E-state index contributed by atoms with van der Waals surface area (Å²) in [6.45, 7) is 3.67. The van der Waals surface area contributed by atoms with E-state index in [0.717, 1.165) is 30.2 Å². The first-order valence-corrected chi connectivity index (χ1v) is 10.5. The van der Waals surface area contributed by atoms with E-state index in [0.29, 0.717) is 29.1 Å². The van der Waals surface area contributed by atoms with E-state index in [-0.39, 0.29) is 24.0 Å². The summed E-state index contributed by atoms with van der Waals surface area (Å²) < 4.78 is 1.95. The fourth-order valence-corrected chi connectivity index (χ4v) is 3.69. The van der Waals surface area contributed by atoms with Gasteiger partial charge in [0.1, 0.15) is 5.82 Å². The van der Waals surface area contributed by atoms with Crippen molar-refractivity contribution in [2.24, 2.45) is 12.0 Å². The van der Waals surface area contributed by atoms with Crippen molar-refractivity contribution in [2.45, 2.75) is 26.4 Å². The van der Waals surface area contributed by atoms with Crippen LogP contribution in [0.1, 0.15) is 22.1 Å². The Kier molecular flexibility index (Phi) is 9.67. The zero-order chi connectivity index (χ0) is 19.9. The van der Waals surface area contributed by atoms with Crippen molar-refractivity contribution in [1.82, 2.24) is 25.4 Å². The van der Waals surface area contributed by atoms with E-state index >= 15 is 0 Å². The van der Waals surface area contributed by atoms with E-state index in [4.69, 9.17) is 23.2 Å². The molecule has 2 N–H and O–H groups in total. The lowest BCUT2D eigenvalue weighted by Crippen LogP contribution is -2.38. The summed E-state index contributed by atoms with van der Waals surface area (Å²) in [5.74, 6) is 2.41. The molecular weight excluding hydrogens is 542 g/mol. The van der Waals surface area contributed by atoms with E-state index in [1.807, 2.05) is 30.7 Å². The van der Waals surface area contributed by atoms with E-state index < -0.39 is 0 Å². The summed E-state index contributed by atoms with van der Waals surface area (Å²) >= 11 is 14.0. The van der Waals surface area contributed by atoms with Crippen LogP contribution in [0.4, 0.5) is 0 Å². The van der Waals surface area contributed by atoms with Gasteiger partial charge in [-0.15, -0.1) is 45.5 Å². The number of benzene rings is 1. The number of thiophene rings is 1. The molecule has 0 aliphatic rings. The van der Waals surface area contributed by atoms with Crippen molar-refractivity contribution in [3.63, 3.8) is 0 Å². The first-order chi connectivity index (χ1) is 13.5. The van der Waals surface area contributed by atoms with Gasteiger partial charge in [-0.25, -0.2) is 4.99 Å². The highest BCUT2D eigenvalue weighted by molar-refractivity contribution is 14.0. The first-order valence-electron chi connectivity index (χ1n) is 8.86. The zero-order valence-electron chi connectivity index (χ0n) is 16.2. The smallest absolute Gasteiger partial charge is 0.191 e. The predicted molar refractivity (Wildman–Crippen MR) is 132 cm³/mol. The predicted octanol–water partition coefficient (Wildman–Crippen LogP) is 4.59. The van der Waals surface area contributed by atoms with Gasteiger partial charge in [-0.05, 0) is 42.5 Å². The molecule has 0 radical (unpaired) electrons. The Morgan fingerprint density at radius 1 is 1.21 bits per heavy atom. The fourth-order valence-electron chi connectivity index (χ4n) is 2.52. The minimum absolute atomic E-state index is 0. The Bertz CT molecular complexity index is 942. The van der Waals surface area contributed by atoms with Gasteiger partial charge in [-0.3, -0.25) is 0 Å². The number of hydrogen-bond donors (Lipinski definition) is 2. The van der Waals surface area contributed by atoms with Crippen molar-refractivity contribution < 1.29 is 0 Å². The Balaban J connectivity index is 0.00000300. The highest BCUT2D eigenvalue weighted by Gasteiger charge is 2.07. The van der Waals surface area contributed by atoms with E-state index in [1.165, 1.54) is 4.88 Å². The van der Waals surface area contributed by atoms with Gasteiger partial charge < -0.3 is 15.2 Å². The lowest BCUT2D eigenvalue weighted by atomic mass is 10.2. The molecule has 29 heavy (non-hydrogen) atoms. The molecule has 2 heterocycles. The molecule has 0 saturated carbocycles. The van der Waals surface area contributed by atoms with Gasteiger partial charge in [0.25, 0.3) is 0 Å². The zero-order valence-corrected chi connectivity index (χ0v) is 20.8. The van der Waals surface area contributed by atoms with Crippen LogP contribution in [0.15, 0.2) is 40.7 Å². The second-order valence-corrected chi connectivity index (χ2v) is 8.11. The number of aryl methyl sites for hydroxylation is 1. The number of guanidine groups is 1. The Labute approximate surface area is 201 Å². The van der Waals surface area contributed by atoms with Crippen LogP contribution in [0.2, 0.25) is 10.0 Å². The van der Waals surface area contributed by atoms with Gasteiger partial charge in [0.05, 0.1) is 13.1 Å². The van der Waals surface area contributed by atoms with Crippen LogP contribution in [-0.2, 0) is 26.6 Å². The minimum atomic E-state index is 0. The molecule has 3 aromatic rings. The number of halogens is 3. The number of nitrogens with one attached hydrogen (secondary N) is 2. The quantitative estimate of drug-likeness (QED) is 0.250. The van der Waals surface area contributed by atoms with Gasteiger partial charge in [0, 0.05) is 28.5 Å². The maximum absolute atomic E-state index is 6.27. The lowest BCUT2D eigenvalue weighted by Gasteiger charge is -2.13. The van der Waals surface area contributed by atoms with Crippen LogP contribution >= 0.6 is 58.5 Å². The van der Waals surface area contributed by atoms with Crippen LogP contribution < -0.4 is 10.6 Å². The summed E-state index contributed by atoms with van der Waals surface area (Å²) in [5, 5.41) is 18.3. The molecule has 0 atom stereocenters. The van der Waals surface area contributed by atoms with Crippen molar-refractivity contribution in [2.75, 3.05) is 6.54 Å². The molecule has 0 spiro atoms. The van der Waals surface area contributed by atoms with Crippen LogP contribution in [0, 0.1) is 6.92 Å². The van der Waals surface area contributed by atoms with Crippen LogP contribution in [0.3, 0.4) is 0 Å². The topological polar surface area (TPSA) is 67.1 Å². The monoisotopic (exact) mass is 564 g/mol. The molecule has 0 aliphatic carbocycles. The summed E-state index contributed by atoms with van der Waals surface area (Å²) in [6.07, 6.45) is 0.934. The second kappa shape index (κ2) is 11.7. The summed E-state index contributed by atoms with van der Waals surface area (Å²) in [5.41, 5.74) is 0.917. The molecule has 0 saturated heterocycles. The minimum Gasteiger partial charge on any atom is -0.356 e. The van der Waals surface area contributed by atoms with Crippen molar-refractivity contribution in [1.29, 1.82) is 0 Å². The first kappa shape index (κ1) is 23.9. The maximum Gasteiger partial charge on any atom is 0.191 e. The molecule has 0 aliphatic heterocycles. The highest BCUT2D eigenvalue weighted by Crippen LogP contribution is 2.21. The Hall–Kier alpha value is -1.36. The number of nitrogens with zero attached hydrogens (tertiary/aromatic N) is 4. The number of aromatic nitrogens is 3. The third kappa shape index (κ3) is 7.13. The summed E-state index contributed by atoms with van der Waals surface area (Å²) in [4.78, 5) is 6.00. The fraction of sp³-hybridized carbons (Fsp3) is 0.316. The molecule has 0 fully saturated rings. The third-order valence-electron chi connectivity index (χ3n) is 4.26. The molecular formula is C19H23Cl2IN6S. The van der Waals surface area contributed by atoms with Gasteiger partial charge in [0.2, 0.25) is 0 Å². The molecule has 10 heteroatoms. The van der Waals surface area contributed by atoms with E-state index in [2.05, 4.69) is 43.3 Å². The molecule has 156 valence electrons. The van der Waals surface area contributed by atoms with Gasteiger partial charge >= 0.3 is 0 Å². The number of rotatable bonds is 7. The van der Waals surface area contributed by atoms with Crippen molar-refractivity contribution in [3.8, 4) is 0 Å². The highest BCUT2D eigenvalue weighted by atomic mass is 127.